The van der Waals surface area contributed by atoms with Crippen LogP contribution in [-0.2, 0) is 0 Å². The highest BCUT2D eigenvalue weighted by molar-refractivity contribution is 6.01. The second-order valence-electron chi connectivity index (χ2n) is 3.56. The third-order valence-corrected chi connectivity index (χ3v) is 2.49. The van der Waals surface area contributed by atoms with E-state index in [2.05, 4.69) is 23.0 Å². The van der Waals surface area contributed by atoms with Gasteiger partial charge in [0.2, 0.25) is 0 Å². The number of rotatable bonds is 3. The zero-order valence-electron chi connectivity index (χ0n) is 9.23. The Hall–Kier alpha value is -1.51. The molecule has 0 amide bonds. The SMILES string of the molecule is CCOc1ccccc1C1=NCCN1C. The molecule has 1 heterocycles. The van der Waals surface area contributed by atoms with Crippen molar-refractivity contribution in [1.82, 2.24) is 4.90 Å². The maximum absolute atomic E-state index is 5.59. The highest BCUT2D eigenvalue weighted by atomic mass is 16.5. The lowest BCUT2D eigenvalue weighted by atomic mass is 10.2. The molecular weight excluding hydrogens is 188 g/mol. The van der Waals surface area contributed by atoms with Crippen LogP contribution in [0.4, 0.5) is 0 Å². The Bertz CT molecular complexity index is 374. The van der Waals surface area contributed by atoms with Gasteiger partial charge in [-0.1, -0.05) is 12.1 Å². The monoisotopic (exact) mass is 204 g/mol. The molecule has 3 heteroatoms. The first-order chi connectivity index (χ1) is 7.33. The van der Waals surface area contributed by atoms with Crippen molar-refractivity contribution in [3.8, 4) is 5.75 Å². The quantitative estimate of drug-likeness (QED) is 0.749. The third-order valence-electron chi connectivity index (χ3n) is 2.49. The van der Waals surface area contributed by atoms with Crippen LogP contribution < -0.4 is 4.74 Å². The first-order valence-electron chi connectivity index (χ1n) is 5.30. The minimum atomic E-state index is 0.688. The molecule has 1 aliphatic rings. The maximum atomic E-state index is 5.59. The molecule has 0 saturated heterocycles. The molecule has 3 nitrogen and oxygen atoms in total. The molecule has 0 unspecified atom stereocenters. The van der Waals surface area contributed by atoms with Gasteiger partial charge in [0.05, 0.1) is 18.7 Å². The Kier molecular flexibility index (Phi) is 2.90. The summed E-state index contributed by atoms with van der Waals surface area (Å²) in [7, 11) is 2.06. The van der Waals surface area contributed by atoms with Crippen LogP contribution in [0, 0.1) is 0 Å². The molecule has 0 aromatic heterocycles. The molecule has 0 spiro atoms. The summed E-state index contributed by atoms with van der Waals surface area (Å²) in [5.74, 6) is 1.96. The molecule has 15 heavy (non-hydrogen) atoms. The van der Waals surface area contributed by atoms with Gasteiger partial charge in [0, 0.05) is 13.6 Å². The molecule has 1 aromatic carbocycles. The van der Waals surface area contributed by atoms with Crippen molar-refractivity contribution < 1.29 is 4.74 Å². The number of nitrogens with zero attached hydrogens (tertiary/aromatic N) is 2. The van der Waals surface area contributed by atoms with Gasteiger partial charge in [-0.15, -0.1) is 0 Å². The molecular formula is C12H16N2O. The van der Waals surface area contributed by atoms with Crippen LogP contribution in [0.25, 0.3) is 0 Å². The molecule has 2 rings (SSSR count). The van der Waals surface area contributed by atoms with Crippen LogP contribution in [0.1, 0.15) is 12.5 Å². The number of benzene rings is 1. The van der Waals surface area contributed by atoms with Gasteiger partial charge in [-0.3, -0.25) is 4.99 Å². The van der Waals surface area contributed by atoms with Crippen molar-refractivity contribution in [2.75, 3.05) is 26.7 Å². The molecule has 1 aromatic rings. The van der Waals surface area contributed by atoms with Crippen LogP contribution in [0.15, 0.2) is 29.3 Å². The number of amidine groups is 1. The molecule has 80 valence electrons. The van der Waals surface area contributed by atoms with E-state index in [1.165, 1.54) is 0 Å². The molecule has 0 bridgehead atoms. The number of para-hydroxylation sites is 1. The molecule has 0 radical (unpaired) electrons. The number of hydrogen-bond acceptors (Lipinski definition) is 3. The van der Waals surface area contributed by atoms with Gasteiger partial charge >= 0.3 is 0 Å². The first-order valence-corrected chi connectivity index (χ1v) is 5.30. The van der Waals surface area contributed by atoms with Gasteiger partial charge in [0.15, 0.2) is 0 Å². The third kappa shape index (κ3) is 1.96. The lowest BCUT2D eigenvalue weighted by Crippen LogP contribution is -2.23. The molecule has 0 N–H and O–H groups in total. The zero-order chi connectivity index (χ0) is 10.7. The predicted octanol–water partition coefficient (Wildman–Crippen LogP) is 1.78. The van der Waals surface area contributed by atoms with Crippen molar-refractivity contribution in [3.63, 3.8) is 0 Å². The fourth-order valence-corrected chi connectivity index (χ4v) is 1.76. The minimum absolute atomic E-state index is 0.688. The van der Waals surface area contributed by atoms with Gasteiger partial charge in [0.1, 0.15) is 11.6 Å². The summed E-state index contributed by atoms with van der Waals surface area (Å²) in [6.45, 7) is 4.56. The summed E-state index contributed by atoms with van der Waals surface area (Å²) in [5, 5.41) is 0. The molecule has 1 aliphatic heterocycles. The Morgan fingerprint density at radius 3 is 2.87 bits per heavy atom. The lowest BCUT2D eigenvalue weighted by Gasteiger charge is -2.16. The Morgan fingerprint density at radius 1 is 1.40 bits per heavy atom. The second-order valence-corrected chi connectivity index (χ2v) is 3.56. The van der Waals surface area contributed by atoms with Crippen LogP contribution >= 0.6 is 0 Å². The second kappa shape index (κ2) is 4.34. The Labute approximate surface area is 90.4 Å². The smallest absolute Gasteiger partial charge is 0.134 e. The highest BCUT2D eigenvalue weighted by Gasteiger charge is 2.17. The molecule has 0 atom stereocenters. The number of hydrogen-bond donors (Lipinski definition) is 0. The average Bonchev–Trinajstić information content (AvgIpc) is 2.66. The van der Waals surface area contributed by atoms with Crippen molar-refractivity contribution in [1.29, 1.82) is 0 Å². The largest absolute Gasteiger partial charge is 0.493 e. The van der Waals surface area contributed by atoms with Crippen molar-refractivity contribution in [2.24, 2.45) is 4.99 Å². The van der Waals surface area contributed by atoms with E-state index < -0.39 is 0 Å². The van der Waals surface area contributed by atoms with E-state index in [1.54, 1.807) is 0 Å². The number of ether oxygens (including phenoxy) is 1. The summed E-state index contributed by atoms with van der Waals surface area (Å²) in [6.07, 6.45) is 0. The normalized spacial score (nSPS) is 15.3. The molecule has 0 aliphatic carbocycles. The van der Waals surface area contributed by atoms with E-state index in [0.717, 1.165) is 30.2 Å². The van der Waals surface area contributed by atoms with Crippen molar-refractivity contribution in [2.45, 2.75) is 6.92 Å². The predicted molar refractivity (Wildman–Crippen MR) is 61.6 cm³/mol. The van der Waals surface area contributed by atoms with Crippen molar-refractivity contribution in [3.05, 3.63) is 29.8 Å². The fourth-order valence-electron chi connectivity index (χ4n) is 1.76. The summed E-state index contributed by atoms with van der Waals surface area (Å²) in [4.78, 5) is 6.66. The van der Waals surface area contributed by atoms with Gasteiger partial charge in [-0.2, -0.15) is 0 Å². The average molecular weight is 204 g/mol. The summed E-state index contributed by atoms with van der Waals surface area (Å²) >= 11 is 0. The van der Waals surface area contributed by atoms with Crippen LogP contribution in [0.2, 0.25) is 0 Å². The van der Waals surface area contributed by atoms with Crippen molar-refractivity contribution >= 4 is 5.84 Å². The topological polar surface area (TPSA) is 24.8 Å². The van der Waals surface area contributed by atoms with Gasteiger partial charge in [-0.25, -0.2) is 0 Å². The Balaban J connectivity index is 2.34. The van der Waals surface area contributed by atoms with Crippen LogP contribution in [0.3, 0.4) is 0 Å². The zero-order valence-corrected chi connectivity index (χ0v) is 9.23. The van der Waals surface area contributed by atoms with Gasteiger partial charge < -0.3 is 9.64 Å². The van der Waals surface area contributed by atoms with E-state index in [0.29, 0.717) is 6.61 Å². The summed E-state index contributed by atoms with van der Waals surface area (Å²) < 4.78 is 5.59. The van der Waals surface area contributed by atoms with Crippen LogP contribution in [0.5, 0.6) is 5.75 Å². The minimum Gasteiger partial charge on any atom is -0.493 e. The first kappa shape index (κ1) is 10.0. The van der Waals surface area contributed by atoms with E-state index in [-0.39, 0.29) is 0 Å². The molecule has 0 saturated carbocycles. The number of aliphatic imine (C=N–C) groups is 1. The van der Waals surface area contributed by atoms with E-state index in [4.69, 9.17) is 4.74 Å². The lowest BCUT2D eigenvalue weighted by molar-refractivity contribution is 0.339. The fraction of sp³-hybridized carbons (Fsp3) is 0.417. The maximum Gasteiger partial charge on any atom is 0.134 e. The van der Waals surface area contributed by atoms with Crippen LogP contribution in [-0.4, -0.2) is 37.5 Å². The van der Waals surface area contributed by atoms with Gasteiger partial charge in [0.25, 0.3) is 0 Å². The van der Waals surface area contributed by atoms with Gasteiger partial charge in [-0.05, 0) is 19.1 Å². The highest BCUT2D eigenvalue weighted by Crippen LogP contribution is 2.21. The number of likely N-dealkylation sites (N-methyl/N-ethyl adjacent to an activating group) is 1. The van der Waals surface area contributed by atoms with E-state index >= 15 is 0 Å². The standard InChI is InChI=1S/C12H16N2O/c1-3-15-11-7-5-4-6-10(11)12-13-8-9-14(12)2/h4-7H,3,8-9H2,1-2H3. The molecule has 0 fully saturated rings. The summed E-state index contributed by atoms with van der Waals surface area (Å²) in [6, 6.07) is 8.07. The summed E-state index contributed by atoms with van der Waals surface area (Å²) in [5.41, 5.74) is 1.10. The van der Waals surface area contributed by atoms with E-state index in [9.17, 15) is 0 Å². The van der Waals surface area contributed by atoms with E-state index in [1.807, 2.05) is 25.1 Å². The Morgan fingerprint density at radius 2 is 2.20 bits per heavy atom.